The van der Waals surface area contributed by atoms with Crippen molar-refractivity contribution >= 4 is 12.0 Å². The second kappa shape index (κ2) is 11.1. The molecule has 0 bridgehead atoms. The van der Waals surface area contributed by atoms with Crippen molar-refractivity contribution < 1.29 is 14.4 Å². The van der Waals surface area contributed by atoms with Crippen LogP contribution < -0.4 is 0 Å². The van der Waals surface area contributed by atoms with Crippen molar-refractivity contribution in [3.63, 3.8) is 0 Å². The summed E-state index contributed by atoms with van der Waals surface area (Å²) >= 11 is 0.724. The molecule has 0 aliphatic carbocycles. The van der Waals surface area contributed by atoms with Crippen molar-refractivity contribution in [1.82, 2.24) is 9.80 Å². The first-order valence-electron chi connectivity index (χ1n) is 11.0. The predicted molar refractivity (Wildman–Crippen MR) is 129 cm³/mol. The summed E-state index contributed by atoms with van der Waals surface area (Å²) < 4.78 is 14.4. The van der Waals surface area contributed by atoms with E-state index in [-0.39, 0.29) is 0 Å². The summed E-state index contributed by atoms with van der Waals surface area (Å²) in [5.74, 6) is 0.441. The Hall–Kier alpha value is -2.19. The fourth-order valence-electron chi connectivity index (χ4n) is 4.66. The molecule has 0 saturated carbocycles. The summed E-state index contributed by atoms with van der Waals surface area (Å²) in [4.78, 5) is 4.46. The average molecular weight is 451 g/mol. The summed E-state index contributed by atoms with van der Waals surface area (Å²) in [6, 6.07) is 32.0. The molecule has 1 aliphatic heterocycles. The molecular weight excluding hydrogens is 420 g/mol. The normalized spacial score (nSPS) is 16.7. The number of nitrogens with zero attached hydrogens (tertiary/aromatic N) is 2. The van der Waals surface area contributed by atoms with E-state index in [4.69, 9.17) is 9.29 Å². The fourth-order valence-corrected chi connectivity index (χ4v) is 4.83. The summed E-state index contributed by atoms with van der Waals surface area (Å²) in [5, 5.41) is 10.4. The second-order valence-corrected chi connectivity index (χ2v) is 8.53. The van der Waals surface area contributed by atoms with E-state index in [1.165, 1.54) is 16.7 Å². The van der Waals surface area contributed by atoms with Gasteiger partial charge in [0.2, 0.25) is 6.41 Å². The van der Waals surface area contributed by atoms with Crippen molar-refractivity contribution in [2.75, 3.05) is 38.5 Å². The molecule has 0 amide bonds. The lowest BCUT2D eigenvalue weighted by Crippen LogP contribution is -2.58. The van der Waals surface area contributed by atoms with E-state index in [1.807, 2.05) is 4.90 Å². The van der Waals surface area contributed by atoms with Crippen molar-refractivity contribution in [3.05, 3.63) is 108 Å². The Bertz CT molecular complexity index is 838. The molecule has 0 aromatic heterocycles. The summed E-state index contributed by atoms with van der Waals surface area (Å²) in [6.07, 6.45) is -0.955. The van der Waals surface area contributed by atoms with Gasteiger partial charge in [0.15, 0.2) is 0 Å². The molecule has 6 heteroatoms. The van der Waals surface area contributed by atoms with Crippen molar-refractivity contribution in [3.8, 4) is 0 Å². The molecule has 1 aliphatic rings. The lowest BCUT2D eigenvalue weighted by Gasteiger charge is -2.49. The van der Waals surface area contributed by atoms with E-state index in [1.54, 1.807) is 0 Å². The highest BCUT2D eigenvalue weighted by Gasteiger charge is 2.43. The van der Waals surface area contributed by atoms with E-state index >= 15 is 0 Å². The van der Waals surface area contributed by atoms with Crippen LogP contribution >= 0.6 is 12.0 Å². The maximum atomic E-state index is 10.4. The van der Waals surface area contributed by atoms with E-state index in [9.17, 15) is 5.11 Å². The van der Waals surface area contributed by atoms with Gasteiger partial charge in [-0.25, -0.2) is 0 Å². The summed E-state index contributed by atoms with van der Waals surface area (Å²) in [7, 11) is 0. The number of rotatable bonds is 9. The van der Waals surface area contributed by atoms with Gasteiger partial charge >= 0.3 is 0 Å². The first-order valence-corrected chi connectivity index (χ1v) is 11.9. The minimum absolute atomic E-state index is 0.310. The molecule has 1 atom stereocenters. The third-order valence-corrected chi connectivity index (χ3v) is 6.47. The molecule has 0 spiro atoms. The third-order valence-electron chi connectivity index (χ3n) is 6.12. The second-order valence-electron chi connectivity index (χ2n) is 7.86. The van der Waals surface area contributed by atoms with Gasteiger partial charge in [-0.1, -0.05) is 91.0 Å². The standard InChI is InChI=1S/C26H30N2O3S/c29-25(31-20-21-32-30)27-16-18-28(19-17-27)26(22-10-4-1-5-11-22,23-12-6-2-7-13-23)24-14-8-3-9-15-24/h1-15,25,29-30H,16-21H2. The quantitative estimate of drug-likeness (QED) is 0.222. The molecule has 3 aromatic rings. The Labute approximate surface area is 194 Å². The van der Waals surface area contributed by atoms with Crippen LogP contribution in [0, 0.1) is 0 Å². The maximum Gasteiger partial charge on any atom is 0.216 e. The lowest BCUT2D eigenvalue weighted by atomic mass is 9.75. The minimum atomic E-state index is -0.955. The first kappa shape index (κ1) is 23.0. The van der Waals surface area contributed by atoms with Crippen LogP contribution in [0.1, 0.15) is 16.7 Å². The Morgan fingerprint density at radius 2 is 1.19 bits per heavy atom. The first-order chi connectivity index (χ1) is 15.8. The highest BCUT2D eigenvalue weighted by Crippen LogP contribution is 2.42. The molecule has 1 unspecified atom stereocenters. The smallest absolute Gasteiger partial charge is 0.216 e. The topological polar surface area (TPSA) is 56.2 Å². The summed E-state index contributed by atoms with van der Waals surface area (Å²) in [5.41, 5.74) is 3.24. The van der Waals surface area contributed by atoms with Gasteiger partial charge in [0.1, 0.15) is 0 Å². The van der Waals surface area contributed by atoms with Gasteiger partial charge in [0.05, 0.1) is 12.1 Å². The minimum Gasteiger partial charge on any atom is -0.356 e. The Balaban J connectivity index is 1.70. The third kappa shape index (κ3) is 4.76. The zero-order valence-corrected chi connectivity index (χ0v) is 18.9. The molecule has 2 N–H and O–H groups in total. The van der Waals surface area contributed by atoms with Gasteiger partial charge in [0, 0.05) is 31.9 Å². The highest BCUT2D eigenvalue weighted by atomic mass is 32.2. The van der Waals surface area contributed by atoms with Crippen LogP contribution in [-0.4, -0.2) is 64.4 Å². The number of ether oxygens (including phenoxy) is 1. The number of hydrogen-bond donors (Lipinski definition) is 2. The number of aliphatic hydroxyl groups excluding tert-OH is 1. The van der Waals surface area contributed by atoms with Crippen LogP contribution in [0.5, 0.6) is 0 Å². The zero-order valence-electron chi connectivity index (χ0n) is 18.1. The van der Waals surface area contributed by atoms with E-state index in [0.717, 1.165) is 25.1 Å². The van der Waals surface area contributed by atoms with Crippen molar-refractivity contribution in [2.24, 2.45) is 0 Å². The Morgan fingerprint density at radius 1 is 0.750 bits per heavy atom. The number of piperazine rings is 1. The van der Waals surface area contributed by atoms with Crippen LogP contribution in [0.15, 0.2) is 91.0 Å². The van der Waals surface area contributed by atoms with Crippen LogP contribution in [-0.2, 0) is 10.3 Å². The molecule has 3 aromatic carbocycles. The number of hydrogen-bond acceptors (Lipinski definition) is 6. The molecule has 168 valence electrons. The number of benzene rings is 3. The molecule has 1 saturated heterocycles. The molecule has 1 heterocycles. The van der Waals surface area contributed by atoms with E-state index in [2.05, 4.69) is 95.9 Å². The molecular formula is C26H30N2O3S. The Kier molecular flexibility index (Phi) is 7.97. The fraction of sp³-hybridized carbons (Fsp3) is 0.308. The van der Waals surface area contributed by atoms with E-state index < -0.39 is 12.0 Å². The van der Waals surface area contributed by atoms with Crippen LogP contribution in [0.4, 0.5) is 0 Å². The lowest BCUT2D eigenvalue weighted by molar-refractivity contribution is -0.199. The molecule has 5 nitrogen and oxygen atoms in total. The van der Waals surface area contributed by atoms with Crippen LogP contribution in [0.2, 0.25) is 0 Å². The SMILES string of the molecule is OSCCOC(O)N1CCN(C(c2ccccc2)(c2ccccc2)c2ccccc2)CC1. The highest BCUT2D eigenvalue weighted by molar-refractivity contribution is 7.93. The van der Waals surface area contributed by atoms with Crippen molar-refractivity contribution in [1.29, 1.82) is 0 Å². The zero-order chi connectivity index (χ0) is 22.2. The monoisotopic (exact) mass is 450 g/mol. The summed E-state index contributed by atoms with van der Waals surface area (Å²) in [6.45, 7) is 3.22. The number of aliphatic hydroxyl groups is 1. The molecule has 4 rings (SSSR count). The average Bonchev–Trinajstić information content (AvgIpc) is 2.87. The van der Waals surface area contributed by atoms with Crippen LogP contribution in [0.3, 0.4) is 0 Å². The maximum absolute atomic E-state index is 10.4. The predicted octanol–water partition coefficient (Wildman–Crippen LogP) is 4.09. The van der Waals surface area contributed by atoms with Gasteiger partial charge < -0.3 is 14.4 Å². The van der Waals surface area contributed by atoms with Gasteiger partial charge in [-0.3, -0.25) is 9.80 Å². The van der Waals surface area contributed by atoms with E-state index in [0.29, 0.717) is 25.4 Å². The van der Waals surface area contributed by atoms with Gasteiger partial charge in [-0.2, -0.15) is 0 Å². The van der Waals surface area contributed by atoms with Crippen LogP contribution in [0.25, 0.3) is 0 Å². The largest absolute Gasteiger partial charge is 0.356 e. The molecule has 0 radical (unpaired) electrons. The van der Waals surface area contributed by atoms with Crippen molar-refractivity contribution in [2.45, 2.75) is 12.0 Å². The molecule has 32 heavy (non-hydrogen) atoms. The van der Waals surface area contributed by atoms with Gasteiger partial charge in [-0.15, -0.1) is 0 Å². The van der Waals surface area contributed by atoms with Gasteiger partial charge in [-0.05, 0) is 28.7 Å². The Morgan fingerprint density at radius 3 is 1.59 bits per heavy atom. The van der Waals surface area contributed by atoms with Gasteiger partial charge in [0.25, 0.3) is 0 Å². The molecule has 1 fully saturated rings.